The van der Waals surface area contributed by atoms with Crippen molar-refractivity contribution >= 4 is 72.4 Å². The fourth-order valence-electron chi connectivity index (χ4n) is 10.1. The third-order valence-electron chi connectivity index (χ3n) is 16.0. The fourth-order valence-corrected chi connectivity index (χ4v) is 10.1. The molecule has 125 heavy (non-hydrogen) atoms. The van der Waals surface area contributed by atoms with Crippen molar-refractivity contribution in [3.63, 3.8) is 0 Å². The van der Waals surface area contributed by atoms with Gasteiger partial charge in [0.25, 0.3) is 0 Å². The highest BCUT2D eigenvalue weighted by Gasteiger charge is 2.22. The van der Waals surface area contributed by atoms with E-state index in [9.17, 15) is 57.5 Å². The average Bonchev–Trinajstić information content (AvgIpc) is 0.809. The molecule has 6 N–H and O–H groups in total. The molecule has 36 heteroatoms. The molecule has 6 aromatic rings. The summed E-state index contributed by atoms with van der Waals surface area (Å²) in [5.74, 6) is -0.591. The Labute approximate surface area is 722 Å². The lowest BCUT2D eigenvalue weighted by molar-refractivity contribution is -0.139. The Morgan fingerprint density at radius 3 is 0.528 bits per heavy atom. The molecule has 0 saturated heterocycles. The van der Waals surface area contributed by atoms with E-state index in [-0.39, 0.29) is 187 Å². The lowest BCUT2D eigenvalue weighted by Gasteiger charge is -2.20. The van der Waals surface area contributed by atoms with Crippen LogP contribution in [-0.4, -0.2) is 231 Å². The van der Waals surface area contributed by atoms with Gasteiger partial charge in [-0.3, -0.25) is 0 Å². The highest BCUT2D eigenvalue weighted by atomic mass is 16.6. The van der Waals surface area contributed by atoms with Crippen molar-refractivity contribution in [2.45, 2.75) is 32.6 Å². The zero-order chi connectivity index (χ0) is 90.8. The largest absolute Gasteiger partial charge is 0.490 e. The summed E-state index contributed by atoms with van der Waals surface area (Å²) >= 11 is 0. The molecule has 0 aliphatic heterocycles. The summed E-state index contributed by atoms with van der Waals surface area (Å²) < 4.78 is 94.5. The van der Waals surface area contributed by atoms with Gasteiger partial charge in [-0.1, -0.05) is 112 Å². The zero-order valence-corrected chi connectivity index (χ0v) is 69.7. The second-order valence-corrected chi connectivity index (χ2v) is 25.6. The molecule has 0 aliphatic carbocycles. The summed E-state index contributed by atoms with van der Waals surface area (Å²) in [6.45, 7) is 25.8. The molecule has 0 unspecified atom stereocenters. The standard InChI is InChI=1S/C46H55N3O15.C43H49N3O15/c1-31(2)41(50)59-22-19-47-44(53)62-28-25-56-37-13-7-34(8-14-37)40(35-9-15-38(16-10-35)57-26-29-63-45(54)48-20-23-60-42(51)32(3)4)36-11-17-39(18-12-36)58-27-30-64-46(55)49-21-24-61-43(52)33(5)6;1-4-37(47)56-22-19-44-41(50)59-28-25-53-34-13-7-31(8-14-34)40(32-9-15-35(16-10-32)54-26-29-60-42(51)45-20-23-57-38(48)5-2)33-11-17-36(18-12-33)55-27-30-61-43(52)46-21-24-58-39(49)6-3/h7-18,40H,1,3,5,19-30H2,2,4,6H3,(H,47,53)(H,48,54)(H,49,55);4-18,40H,1-3,19-30H2,(H,44,50)(H,45,51)(H,46,52). The normalized spacial score (nSPS) is 10.2. The third-order valence-corrected chi connectivity index (χ3v) is 16.0. The second-order valence-electron chi connectivity index (χ2n) is 25.6. The van der Waals surface area contributed by atoms with Crippen molar-refractivity contribution in [1.82, 2.24) is 31.9 Å². The van der Waals surface area contributed by atoms with Crippen LogP contribution in [0.2, 0.25) is 0 Å². The van der Waals surface area contributed by atoms with Gasteiger partial charge in [0.1, 0.15) is 153 Å². The van der Waals surface area contributed by atoms with Crippen molar-refractivity contribution in [2.75, 3.05) is 158 Å². The molecule has 670 valence electrons. The van der Waals surface area contributed by atoms with Crippen LogP contribution in [0.1, 0.15) is 66.0 Å². The molecular weight excluding hydrogens is 1630 g/mol. The quantitative estimate of drug-likeness (QED) is 0.00679. The van der Waals surface area contributed by atoms with Crippen LogP contribution in [0.15, 0.2) is 220 Å². The molecule has 36 nitrogen and oxygen atoms in total. The van der Waals surface area contributed by atoms with Crippen LogP contribution in [0.5, 0.6) is 34.5 Å². The van der Waals surface area contributed by atoms with Gasteiger partial charge in [0.2, 0.25) is 0 Å². The van der Waals surface area contributed by atoms with Crippen molar-refractivity contribution in [3.8, 4) is 34.5 Å². The summed E-state index contributed by atoms with van der Waals surface area (Å²) in [5.41, 5.74) is 6.37. The number of alkyl carbamates (subject to hydrolysis) is 6. The first kappa shape index (κ1) is 101. The number of carbonyl (C=O) groups is 12. The minimum atomic E-state index is -0.680. The van der Waals surface area contributed by atoms with Gasteiger partial charge in [-0.25, -0.2) is 57.5 Å². The molecule has 0 atom stereocenters. The van der Waals surface area contributed by atoms with Crippen LogP contribution < -0.4 is 60.3 Å². The van der Waals surface area contributed by atoms with Crippen LogP contribution in [0, 0.1) is 0 Å². The second kappa shape index (κ2) is 58.8. The number of nitrogens with one attached hydrogen (secondary N) is 6. The van der Waals surface area contributed by atoms with Gasteiger partial charge in [0.15, 0.2) is 0 Å². The van der Waals surface area contributed by atoms with Crippen molar-refractivity contribution in [2.24, 2.45) is 0 Å². The maximum absolute atomic E-state index is 12.0. The summed E-state index contributed by atoms with van der Waals surface area (Å²) in [5, 5.41) is 14.8. The zero-order valence-electron chi connectivity index (χ0n) is 69.7. The Morgan fingerprint density at radius 2 is 0.384 bits per heavy atom. The van der Waals surface area contributed by atoms with E-state index >= 15 is 0 Å². The van der Waals surface area contributed by atoms with Crippen LogP contribution in [0.4, 0.5) is 28.8 Å². The fraction of sp³-hybridized carbons (Fsp3) is 0.326. The predicted molar refractivity (Wildman–Crippen MR) is 450 cm³/mol. The first-order chi connectivity index (χ1) is 60.3. The first-order valence-corrected chi connectivity index (χ1v) is 39.0. The predicted octanol–water partition coefficient (Wildman–Crippen LogP) is 9.91. The van der Waals surface area contributed by atoms with Gasteiger partial charge in [0.05, 0.1) is 39.3 Å². The van der Waals surface area contributed by atoms with Gasteiger partial charge in [0, 0.05) is 46.8 Å². The molecule has 0 fully saturated rings. The van der Waals surface area contributed by atoms with E-state index in [0.29, 0.717) is 34.5 Å². The molecule has 0 heterocycles. The minimum Gasteiger partial charge on any atom is -0.490 e. The highest BCUT2D eigenvalue weighted by molar-refractivity contribution is 5.88. The van der Waals surface area contributed by atoms with Crippen molar-refractivity contribution in [1.29, 1.82) is 0 Å². The number of esters is 6. The van der Waals surface area contributed by atoms with E-state index in [2.05, 4.69) is 71.4 Å². The van der Waals surface area contributed by atoms with Gasteiger partial charge in [-0.15, -0.1) is 0 Å². The van der Waals surface area contributed by atoms with Gasteiger partial charge in [-0.2, -0.15) is 0 Å². The van der Waals surface area contributed by atoms with Crippen LogP contribution in [0.3, 0.4) is 0 Å². The Hall–Kier alpha value is -15.0. The van der Waals surface area contributed by atoms with Crippen molar-refractivity contribution < 1.29 is 143 Å². The molecule has 0 saturated carbocycles. The van der Waals surface area contributed by atoms with E-state index in [1.807, 2.05) is 109 Å². The molecule has 6 rings (SSSR count). The first-order valence-electron chi connectivity index (χ1n) is 39.0. The topological polar surface area (TPSA) is 443 Å². The molecule has 0 aliphatic rings. The summed E-state index contributed by atoms with van der Waals surface area (Å²) in [6.07, 6.45) is -0.994. The molecule has 6 aromatic carbocycles. The maximum atomic E-state index is 12.0. The molecular formula is C89H104N6O30. The van der Waals surface area contributed by atoms with Crippen LogP contribution in [0.25, 0.3) is 0 Å². The number of rotatable bonds is 54. The number of carbonyl (C=O) groups excluding carboxylic acids is 12. The smallest absolute Gasteiger partial charge is 0.407 e. The van der Waals surface area contributed by atoms with Crippen LogP contribution >= 0.6 is 0 Å². The lowest BCUT2D eigenvalue weighted by Crippen LogP contribution is -2.29. The lowest BCUT2D eigenvalue weighted by atomic mass is 9.85. The van der Waals surface area contributed by atoms with Gasteiger partial charge >= 0.3 is 72.4 Å². The molecule has 0 spiro atoms. The van der Waals surface area contributed by atoms with E-state index in [0.717, 1.165) is 51.6 Å². The van der Waals surface area contributed by atoms with Crippen LogP contribution in [-0.2, 0) is 85.6 Å². The number of ether oxygens (including phenoxy) is 18. The van der Waals surface area contributed by atoms with Gasteiger partial charge < -0.3 is 117 Å². The Bertz CT molecular complexity index is 4040. The van der Waals surface area contributed by atoms with E-state index in [4.69, 9.17) is 85.3 Å². The highest BCUT2D eigenvalue weighted by Crippen LogP contribution is 2.37. The van der Waals surface area contributed by atoms with E-state index in [1.165, 1.54) is 20.8 Å². The molecule has 6 amide bonds. The number of amides is 6. The Balaban J connectivity index is 0.000000444. The molecule has 0 bridgehead atoms. The molecule has 0 radical (unpaired) electrons. The average molecular weight is 1740 g/mol. The summed E-state index contributed by atoms with van der Waals surface area (Å²) in [6, 6.07) is 44.8. The van der Waals surface area contributed by atoms with E-state index in [1.54, 1.807) is 36.4 Å². The monoisotopic (exact) mass is 1740 g/mol. The van der Waals surface area contributed by atoms with Gasteiger partial charge in [-0.05, 0) is 127 Å². The SMILES string of the molecule is C=C(C)C(=O)OCCNC(=O)OCCOc1ccc(C(c2ccc(OCCOC(=O)NCCOC(=O)C(=C)C)cc2)c2ccc(OCCOC(=O)NCCOC(=O)C(=C)C)cc2)cc1.C=CC(=O)OCCNC(=O)OCCOc1ccc(C(c2ccc(OCCOC(=O)NCCOC(=O)C=C)cc2)c2ccc(OCCOC(=O)NCCOC(=O)C=C)cc2)cc1. The van der Waals surface area contributed by atoms with E-state index < -0.39 is 72.4 Å². The molecule has 0 aromatic heterocycles. The van der Waals surface area contributed by atoms with Crippen molar-refractivity contribution in [3.05, 3.63) is 253 Å². The third kappa shape index (κ3) is 42.7. The summed E-state index contributed by atoms with van der Waals surface area (Å²) in [4.78, 5) is 139. The maximum Gasteiger partial charge on any atom is 0.407 e. The minimum absolute atomic E-state index is 0.0178. The Kier molecular flexibility index (Phi) is 47.3. The number of hydrogen-bond acceptors (Lipinski definition) is 30. The summed E-state index contributed by atoms with van der Waals surface area (Å²) in [7, 11) is 0. The Morgan fingerprint density at radius 1 is 0.232 bits per heavy atom. The number of benzene rings is 6. The number of hydrogen-bond donors (Lipinski definition) is 6.